The molecule has 0 spiro atoms. The van der Waals surface area contributed by atoms with Crippen LogP contribution in [0.5, 0.6) is 0 Å². The van der Waals surface area contributed by atoms with Gasteiger partial charge in [0.15, 0.2) is 0 Å². The quantitative estimate of drug-likeness (QED) is 0.528. The van der Waals surface area contributed by atoms with Crippen LogP contribution < -0.4 is 5.84 Å². The number of hydrogen-bond donors (Lipinski definition) is 1. The van der Waals surface area contributed by atoms with E-state index in [4.69, 9.17) is 5.84 Å². The molecular formula is C17H14BrN3. The summed E-state index contributed by atoms with van der Waals surface area (Å²) in [7, 11) is 0. The Hall–Kier alpha value is -2.07. The van der Waals surface area contributed by atoms with Gasteiger partial charge < -0.3 is 10.2 Å². The van der Waals surface area contributed by atoms with Crippen LogP contribution in [0.1, 0.15) is 17.5 Å². The highest BCUT2D eigenvalue weighted by atomic mass is 79.9. The Bertz CT molecular complexity index is 860. The second-order valence-electron chi connectivity index (χ2n) is 5.28. The monoisotopic (exact) mass is 339 g/mol. The van der Waals surface area contributed by atoms with E-state index in [0.29, 0.717) is 0 Å². The van der Waals surface area contributed by atoms with E-state index < -0.39 is 0 Å². The van der Waals surface area contributed by atoms with Gasteiger partial charge >= 0.3 is 0 Å². The maximum absolute atomic E-state index is 5.54. The zero-order valence-electron chi connectivity index (χ0n) is 11.4. The molecule has 0 saturated carbocycles. The largest absolute Gasteiger partial charge is 0.323 e. The molecule has 0 atom stereocenters. The van der Waals surface area contributed by atoms with Gasteiger partial charge in [-0.3, -0.25) is 0 Å². The molecule has 1 aliphatic carbocycles. The topological polar surface area (TPSA) is 42.8 Å². The lowest BCUT2D eigenvalue weighted by atomic mass is 9.91. The van der Waals surface area contributed by atoms with Crippen LogP contribution >= 0.6 is 15.9 Å². The molecule has 0 unspecified atom stereocenters. The average molecular weight is 340 g/mol. The molecule has 2 heterocycles. The molecule has 0 amide bonds. The molecule has 104 valence electrons. The Morgan fingerprint density at radius 3 is 2.62 bits per heavy atom. The zero-order valence-corrected chi connectivity index (χ0v) is 13.0. The minimum absolute atomic E-state index is 0.900. The summed E-state index contributed by atoms with van der Waals surface area (Å²) in [4.78, 5) is 0. The van der Waals surface area contributed by atoms with Crippen LogP contribution in [-0.4, -0.2) is 10.1 Å². The number of aryl methyl sites for hydroxylation is 1. The van der Waals surface area contributed by atoms with Crippen LogP contribution in [0.15, 0.2) is 58.4 Å². The zero-order chi connectivity index (χ0) is 14.4. The number of hydrazone groups is 1. The fourth-order valence-electron chi connectivity index (χ4n) is 3.17. The molecular weight excluding hydrogens is 326 g/mol. The molecule has 21 heavy (non-hydrogen) atoms. The molecule has 0 aliphatic heterocycles. The molecule has 3 nitrogen and oxygen atoms in total. The second-order valence-corrected chi connectivity index (χ2v) is 6.20. The third-order valence-corrected chi connectivity index (χ3v) is 4.66. The third-order valence-electron chi connectivity index (χ3n) is 4.14. The fourth-order valence-corrected chi connectivity index (χ4v) is 3.44. The van der Waals surface area contributed by atoms with Crippen molar-refractivity contribution in [3.05, 3.63) is 64.4 Å². The van der Waals surface area contributed by atoms with E-state index >= 15 is 0 Å². The van der Waals surface area contributed by atoms with Crippen LogP contribution in [0.3, 0.4) is 0 Å². The van der Waals surface area contributed by atoms with Gasteiger partial charge in [-0.25, -0.2) is 0 Å². The number of pyridine rings is 1. The summed E-state index contributed by atoms with van der Waals surface area (Å²) in [6.07, 6.45) is 6.17. The smallest absolute Gasteiger partial charge is 0.0697 e. The Morgan fingerprint density at radius 2 is 1.86 bits per heavy atom. The summed E-state index contributed by atoms with van der Waals surface area (Å²) in [6, 6.07) is 12.6. The van der Waals surface area contributed by atoms with Crippen molar-refractivity contribution in [3.63, 3.8) is 0 Å². The van der Waals surface area contributed by atoms with E-state index in [9.17, 15) is 0 Å². The minimum atomic E-state index is 0.900. The summed E-state index contributed by atoms with van der Waals surface area (Å²) in [5, 5.41) is 3.96. The number of nitrogens with zero attached hydrogens (tertiary/aromatic N) is 2. The first-order valence-electron chi connectivity index (χ1n) is 6.93. The Kier molecular flexibility index (Phi) is 2.86. The lowest BCUT2D eigenvalue weighted by Gasteiger charge is -2.16. The van der Waals surface area contributed by atoms with Gasteiger partial charge in [0, 0.05) is 28.0 Å². The first kappa shape index (κ1) is 12.7. The Morgan fingerprint density at radius 1 is 1.05 bits per heavy atom. The van der Waals surface area contributed by atoms with Gasteiger partial charge in [0.25, 0.3) is 0 Å². The highest BCUT2D eigenvalue weighted by Gasteiger charge is 2.22. The van der Waals surface area contributed by atoms with Crippen LogP contribution in [0, 0.1) is 0 Å². The first-order chi connectivity index (χ1) is 10.3. The molecule has 0 fully saturated rings. The van der Waals surface area contributed by atoms with Crippen LogP contribution in [0.4, 0.5) is 0 Å². The van der Waals surface area contributed by atoms with Gasteiger partial charge in [0.1, 0.15) is 0 Å². The highest BCUT2D eigenvalue weighted by molar-refractivity contribution is 9.10. The number of rotatable bonds is 1. The molecule has 0 radical (unpaired) electrons. The lowest BCUT2D eigenvalue weighted by Crippen LogP contribution is -2.12. The van der Waals surface area contributed by atoms with Gasteiger partial charge in [0.2, 0.25) is 0 Å². The summed E-state index contributed by atoms with van der Waals surface area (Å²) in [5.41, 5.74) is 7.33. The molecule has 2 N–H and O–H groups in total. The lowest BCUT2D eigenvalue weighted by molar-refractivity contribution is 1.01. The average Bonchev–Trinajstić information content (AvgIpc) is 2.89. The van der Waals surface area contributed by atoms with E-state index in [2.05, 4.69) is 68.2 Å². The SMILES string of the molecule is NN=C1CCc2c(-c3ccc(Br)cc3)cn3cccc1c23. The molecule has 4 heteroatoms. The normalized spacial score (nSPS) is 15.8. The predicted octanol–water partition coefficient (Wildman–Crippen LogP) is 3.98. The summed E-state index contributed by atoms with van der Waals surface area (Å²) < 4.78 is 3.29. The number of nitrogens with two attached hydrogens (primary N) is 1. The Labute approximate surface area is 131 Å². The number of hydrogen-bond acceptors (Lipinski definition) is 2. The standard InChI is InChI=1S/C17H14BrN3/c18-12-5-3-11(4-6-12)15-10-21-9-1-2-14-16(20-19)8-7-13(15)17(14)21/h1-6,9-10H,7-8,19H2. The minimum Gasteiger partial charge on any atom is -0.323 e. The molecule has 0 bridgehead atoms. The molecule has 2 aromatic heterocycles. The number of aromatic nitrogens is 1. The maximum Gasteiger partial charge on any atom is 0.0697 e. The van der Waals surface area contributed by atoms with Crippen molar-refractivity contribution in [3.8, 4) is 11.1 Å². The molecule has 0 saturated heterocycles. The fraction of sp³-hybridized carbons (Fsp3) is 0.118. The first-order valence-corrected chi connectivity index (χ1v) is 7.73. The summed E-state index contributed by atoms with van der Waals surface area (Å²) >= 11 is 3.49. The third kappa shape index (κ3) is 1.90. The van der Waals surface area contributed by atoms with Gasteiger partial charge in [-0.1, -0.05) is 28.1 Å². The molecule has 3 aromatic rings. The van der Waals surface area contributed by atoms with Gasteiger partial charge in [-0.2, -0.15) is 5.10 Å². The van der Waals surface area contributed by atoms with Crippen LogP contribution in [-0.2, 0) is 6.42 Å². The predicted molar refractivity (Wildman–Crippen MR) is 89.6 cm³/mol. The Balaban J connectivity index is 2.01. The van der Waals surface area contributed by atoms with E-state index in [1.807, 2.05) is 6.07 Å². The van der Waals surface area contributed by atoms with Crippen molar-refractivity contribution < 1.29 is 0 Å². The summed E-state index contributed by atoms with van der Waals surface area (Å²) in [5.74, 6) is 5.54. The van der Waals surface area contributed by atoms with Crippen molar-refractivity contribution in [2.45, 2.75) is 12.8 Å². The van der Waals surface area contributed by atoms with E-state index in [1.54, 1.807) is 0 Å². The van der Waals surface area contributed by atoms with Crippen molar-refractivity contribution >= 4 is 27.2 Å². The van der Waals surface area contributed by atoms with Crippen LogP contribution in [0.25, 0.3) is 16.6 Å². The van der Waals surface area contributed by atoms with E-state index in [1.165, 1.54) is 22.2 Å². The second kappa shape index (κ2) is 4.74. The van der Waals surface area contributed by atoms with Gasteiger partial charge in [-0.15, -0.1) is 0 Å². The van der Waals surface area contributed by atoms with Gasteiger partial charge in [-0.05, 0) is 48.2 Å². The van der Waals surface area contributed by atoms with Crippen molar-refractivity contribution in [2.75, 3.05) is 0 Å². The number of benzene rings is 1. The number of halogens is 1. The molecule has 1 aromatic carbocycles. The van der Waals surface area contributed by atoms with Gasteiger partial charge in [0.05, 0.1) is 11.2 Å². The highest BCUT2D eigenvalue weighted by Crippen LogP contribution is 2.35. The summed E-state index contributed by atoms with van der Waals surface area (Å²) in [6.45, 7) is 0. The molecule has 1 aliphatic rings. The van der Waals surface area contributed by atoms with Crippen molar-refractivity contribution in [1.82, 2.24) is 4.40 Å². The van der Waals surface area contributed by atoms with Crippen LogP contribution in [0.2, 0.25) is 0 Å². The van der Waals surface area contributed by atoms with Crippen molar-refractivity contribution in [2.24, 2.45) is 10.9 Å². The van der Waals surface area contributed by atoms with Crippen molar-refractivity contribution in [1.29, 1.82) is 0 Å². The maximum atomic E-state index is 5.54. The van der Waals surface area contributed by atoms with E-state index in [-0.39, 0.29) is 0 Å². The molecule has 4 rings (SSSR count). The van der Waals surface area contributed by atoms with E-state index in [0.717, 1.165) is 28.6 Å².